The predicted molar refractivity (Wildman–Crippen MR) is 75.8 cm³/mol. The Balaban J connectivity index is 2.16. The van der Waals surface area contributed by atoms with Crippen molar-refractivity contribution in [1.82, 2.24) is 20.0 Å². The van der Waals surface area contributed by atoms with Crippen molar-refractivity contribution in [3.63, 3.8) is 0 Å². The van der Waals surface area contributed by atoms with E-state index in [2.05, 4.69) is 15.3 Å². The smallest absolute Gasteiger partial charge is 0.358 e. The van der Waals surface area contributed by atoms with Crippen molar-refractivity contribution in [3.05, 3.63) is 30.2 Å². The number of rotatable bonds is 8. The summed E-state index contributed by atoms with van der Waals surface area (Å²) >= 11 is 0. The number of aliphatic hydroxyl groups excluding tert-OH is 1. The molecule has 0 unspecified atom stereocenters. The zero-order valence-corrected chi connectivity index (χ0v) is 11.6. The maximum Gasteiger partial charge on any atom is 0.358 e. The summed E-state index contributed by atoms with van der Waals surface area (Å²) in [6.45, 7) is 0.804. The molecular formula is C14H18N4O3. The zero-order chi connectivity index (χ0) is 15.1. The van der Waals surface area contributed by atoms with Gasteiger partial charge in [-0.2, -0.15) is 0 Å². The van der Waals surface area contributed by atoms with Crippen molar-refractivity contribution in [1.29, 1.82) is 0 Å². The minimum absolute atomic E-state index is 0.0449. The Morgan fingerprint density at radius 2 is 1.86 bits per heavy atom. The van der Waals surface area contributed by atoms with Crippen LogP contribution in [0.25, 0.3) is 11.3 Å². The fourth-order valence-electron chi connectivity index (χ4n) is 2.14. The highest BCUT2D eigenvalue weighted by atomic mass is 16.4. The third-order valence-electron chi connectivity index (χ3n) is 3.17. The molecule has 0 aliphatic rings. The van der Waals surface area contributed by atoms with Crippen LogP contribution in [0.2, 0.25) is 0 Å². The Hall–Kier alpha value is -2.28. The van der Waals surface area contributed by atoms with Gasteiger partial charge in [0.2, 0.25) is 0 Å². The fourth-order valence-corrected chi connectivity index (χ4v) is 2.14. The number of aromatic nitrogens is 4. The number of hydrogen-bond donors (Lipinski definition) is 2. The van der Waals surface area contributed by atoms with Gasteiger partial charge in [-0.3, -0.25) is 4.98 Å². The third kappa shape index (κ3) is 3.85. The van der Waals surface area contributed by atoms with Gasteiger partial charge < -0.3 is 10.2 Å². The highest BCUT2D eigenvalue weighted by Gasteiger charge is 2.20. The summed E-state index contributed by atoms with van der Waals surface area (Å²) < 4.78 is 1.62. The van der Waals surface area contributed by atoms with Crippen LogP contribution < -0.4 is 0 Å². The van der Waals surface area contributed by atoms with Gasteiger partial charge in [-0.25, -0.2) is 9.48 Å². The molecule has 0 aliphatic carbocycles. The highest BCUT2D eigenvalue weighted by Crippen LogP contribution is 2.22. The number of carbonyl (C=O) groups is 1. The fraction of sp³-hybridized carbons (Fsp3) is 0.429. The average Bonchev–Trinajstić information content (AvgIpc) is 2.92. The summed E-state index contributed by atoms with van der Waals surface area (Å²) in [7, 11) is 0. The summed E-state index contributed by atoms with van der Waals surface area (Å²) in [4.78, 5) is 15.2. The van der Waals surface area contributed by atoms with E-state index in [0.29, 0.717) is 12.2 Å². The topological polar surface area (TPSA) is 101 Å². The number of aryl methyl sites for hydroxylation is 1. The molecule has 2 aromatic heterocycles. The molecule has 21 heavy (non-hydrogen) atoms. The molecule has 7 heteroatoms. The molecule has 0 saturated carbocycles. The first-order valence-electron chi connectivity index (χ1n) is 6.92. The number of aromatic carboxylic acids is 1. The lowest BCUT2D eigenvalue weighted by molar-refractivity contribution is 0.0691. The molecule has 0 atom stereocenters. The van der Waals surface area contributed by atoms with Gasteiger partial charge in [0.15, 0.2) is 5.69 Å². The molecule has 7 nitrogen and oxygen atoms in total. The molecule has 0 bridgehead atoms. The summed E-state index contributed by atoms with van der Waals surface area (Å²) in [5.74, 6) is -1.09. The second kappa shape index (κ2) is 7.49. The molecule has 0 fully saturated rings. The second-order valence-corrected chi connectivity index (χ2v) is 4.69. The molecule has 2 rings (SSSR count). The Kier molecular flexibility index (Phi) is 5.39. The monoisotopic (exact) mass is 290 g/mol. The van der Waals surface area contributed by atoms with Gasteiger partial charge in [0, 0.05) is 31.1 Å². The Morgan fingerprint density at radius 3 is 2.52 bits per heavy atom. The van der Waals surface area contributed by atoms with Crippen LogP contribution in [-0.4, -0.2) is 42.8 Å². The van der Waals surface area contributed by atoms with Crippen LogP contribution >= 0.6 is 0 Å². The Bertz CT molecular complexity index is 583. The van der Waals surface area contributed by atoms with E-state index < -0.39 is 5.97 Å². The lowest BCUT2D eigenvalue weighted by atomic mass is 10.1. The van der Waals surface area contributed by atoms with Crippen molar-refractivity contribution in [2.24, 2.45) is 0 Å². The van der Waals surface area contributed by atoms with Crippen molar-refractivity contribution >= 4 is 5.97 Å². The molecule has 112 valence electrons. The number of hydrogen-bond acceptors (Lipinski definition) is 5. The highest BCUT2D eigenvalue weighted by molar-refractivity contribution is 5.92. The van der Waals surface area contributed by atoms with E-state index in [1.165, 1.54) is 0 Å². The summed E-state index contributed by atoms with van der Waals surface area (Å²) in [5, 5.41) is 25.7. The van der Waals surface area contributed by atoms with E-state index in [9.17, 15) is 9.90 Å². The molecule has 0 saturated heterocycles. The molecule has 0 aliphatic heterocycles. The van der Waals surface area contributed by atoms with E-state index in [1.54, 1.807) is 29.2 Å². The quantitative estimate of drug-likeness (QED) is 0.716. The first-order valence-corrected chi connectivity index (χ1v) is 6.92. The van der Waals surface area contributed by atoms with Crippen LogP contribution in [0.4, 0.5) is 0 Å². The maximum atomic E-state index is 11.3. The molecule has 0 spiro atoms. The third-order valence-corrected chi connectivity index (χ3v) is 3.17. The number of nitrogens with zero attached hydrogens (tertiary/aromatic N) is 4. The largest absolute Gasteiger partial charge is 0.476 e. The van der Waals surface area contributed by atoms with Crippen LogP contribution in [0, 0.1) is 0 Å². The van der Waals surface area contributed by atoms with Crippen LogP contribution in [0.3, 0.4) is 0 Å². The Labute approximate surface area is 122 Å². The van der Waals surface area contributed by atoms with Crippen molar-refractivity contribution in [3.8, 4) is 11.3 Å². The van der Waals surface area contributed by atoms with Crippen molar-refractivity contribution in [2.75, 3.05) is 6.61 Å². The van der Waals surface area contributed by atoms with E-state index in [1.807, 2.05) is 0 Å². The first kappa shape index (κ1) is 15.1. The Morgan fingerprint density at radius 1 is 1.14 bits per heavy atom. The second-order valence-electron chi connectivity index (χ2n) is 4.69. The number of unbranched alkanes of at least 4 members (excludes halogenated alkanes) is 3. The van der Waals surface area contributed by atoms with Crippen LogP contribution in [0.1, 0.15) is 36.2 Å². The van der Waals surface area contributed by atoms with Crippen molar-refractivity contribution in [2.45, 2.75) is 32.2 Å². The van der Waals surface area contributed by atoms with Gasteiger partial charge in [-0.1, -0.05) is 18.1 Å². The number of carboxylic acids is 1. The minimum Gasteiger partial charge on any atom is -0.476 e. The van der Waals surface area contributed by atoms with Gasteiger partial charge in [0.1, 0.15) is 5.69 Å². The minimum atomic E-state index is -1.09. The van der Waals surface area contributed by atoms with Crippen LogP contribution in [-0.2, 0) is 6.54 Å². The lowest BCUT2D eigenvalue weighted by Gasteiger charge is -2.07. The van der Waals surface area contributed by atoms with Gasteiger partial charge in [-0.05, 0) is 25.0 Å². The van der Waals surface area contributed by atoms with E-state index in [4.69, 9.17) is 5.11 Å². The SMILES string of the molecule is O=C(O)c1nnn(CCCCCCO)c1-c1ccncc1. The van der Waals surface area contributed by atoms with E-state index in [-0.39, 0.29) is 12.3 Å². The molecular weight excluding hydrogens is 272 g/mol. The number of carboxylic acid groups (broad SMARTS) is 1. The van der Waals surface area contributed by atoms with Gasteiger partial charge in [-0.15, -0.1) is 5.10 Å². The normalized spacial score (nSPS) is 10.7. The standard InChI is InChI=1S/C14H18N4O3/c19-10-4-2-1-3-9-18-13(11-5-7-15-8-6-11)12(14(20)21)16-17-18/h5-8,19H,1-4,9-10H2,(H,20,21). The van der Waals surface area contributed by atoms with Crippen LogP contribution in [0.5, 0.6) is 0 Å². The summed E-state index contributed by atoms with van der Waals surface area (Å²) in [5.41, 5.74) is 1.20. The molecule has 2 N–H and O–H groups in total. The molecule has 2 heterocycles. The van der Waals surface area contributed by atoms with Crippen molar-refractivity contribution < 1.29 is 15.0 Å². The molecule has 0 amide bonds. The summed E-state index contributed by atoms with van der Waals surface area (Å²) in [6.07, 6.45) is 6.77. The van der Waals surface area contributed by atoms with Gasteiger partial charge >= 0.3 is 5.97 Å². The zero-order valence-electron chi connectivity index (χ0n) is 11.6. The molecule has 0 aromatic carbocycles. The molecule has 2 aromatic rings. The summed E-state index contributed by atoms with van der Waals surface area (Å²) in [6, 6.07) is 3.49. The molecule has 0 radical (unpaired) electrons. The maximum absolute atomic E-state index is 11.3. The predicted octanol–water partition coefficient (Wildman–Crippen LogP) is 1.59. The van der Waals surface area contributed by atoms with Gasteiger partial charge in [0.05, 0.1) is 0 Å². The van der Waals surface area contributed by atoms with E-state index in [0.717, 1.165) is 31.2 Å². The van der Waals surface area contributed by atoms with Crippen LogP contribution in [0.15, 0.2) is 24.5 Å². The number of aliphatic hydroxyl groups is 1. The van der Waals surface area contributed by atoms with E-state index >= 15 is 0 Å². The van der Waals surface area contributed by atoms with Gasteiger partial charge in [0.25, 0.3) is 0 Å². The lowest BCUT2D eigenvalue weighted by Crippen LogP contribution is -2.05. The average molecular weight is 290 g/mol. The first-order chi connectivity index (χ1) is 10.2. The number of pyridine rings is 1.